The van der Waals surface area contributed by atoms with Crippen molar-refractivity contribution >= 4 is 43.1 Å². The van der Waals surface area contributed by atoms with E-state index in [9.17, 15) is 0 Å². The van der Waals surface area contributed by atoms with Crippen LogP contribution < -0.4 is 0 Å². The van der Waals surface area contributed by atoms with Gasteiger partial charge in [-0.1, -0.05) is 219 Å². The Labute approximate surface area is 329 Å². The quantitative estimate of drug-likeness (QED) is 0.171. The predicted molar refractivity (Wildman–Crippen MR) is 247 cm³/mol. The number of benzene rings is 9. The van der Waals surface area contributed by atoms with Crippen LogP contribution in [0.25, 0.3) is 98.7 Å². The highest BCUT2D eigenvalue weighted by molar-refractivity contribution is 6.30. The van der Waals surface area contributed by atoms with Gasteiger partial charge in [0.05, 0.1) is 0 Å². The van der Waals surface area contributed by atoms with Gasteiger partial charge < -0.3 is 0 Å². The second-order valence-corrected chi connectivity index (χ2v) is 14.5. The average Bonchev–Trinajstić information content (AvgIpc) is 3.91. The van der Waals surface area contributed by atoms with Crippen molar-refractivity contribution in [2.45, 2.75) is 56.4 Å². The molecule has 0 heterocycles. The maximum atomic E-state index is 2.39. The van der Waals surface area contributed by atoms with E-state index in [0.717, 1.165) is 5.92 Å². The highest BCUT2D eigenvalue weighted by Crippen LogP contribution is 2.59. The van der Waals surface area contributed by atoms with Gasteiger partial charge >= 0.3 is 0 Å². The predicted octanol–water partition coefficient (Wildman–Crippen LogP) is 17.2. The summed E-state index contributed by atoms with van der Waals surface area (Å²) in [6, 6.07) is 60.9. The van der Waals surface area contributed by atoms with E-state index in [-0.39, 0.29) is 29.7 Å². The van der Waals surface area contributed by atoms with E-state index in [0.29, 0.717) is 0 Å². The van der Waals surface area contributed by atoms with Gasteiger partial charge in [0.2, 0.25) is 0 Å². The Bertz CT molecular complexity index is 2670. The Kier molecular flexibility index (Phi) is 10.8. The van der Waals surface area contributed by atoms with Crippen LogP contribution in [0.5, 0.6) is 0 Å². The second-order valence-electron chi connectivity index (χ2n) is 14.5. The summed E-state index contributed by atoms with van der Waals surface area (Å²) >= 11 is 0. The zero-order valence-electron chi connectivity index (χ0n) is 29.1. The fourth-order valence-corrected chi connectivity index (χ4v) is 8.40. The summed E-state index contributed by atoms with van der Waals surface area (Å²) in [5.41, 5.74) is 14.3. The molecule has 274 valence electrons. The molecular formula is C55H54. The molecule has 0 spiro atoms. The molecule has 1 saturated carbocycles. The van der Waals surface area contributed by atoms with E-state index in [2.05, 4.69) is 178 Å². The summed E-state index contributed by atoms with van der Waals surface area (Å²) in [5.74, 6) is 1.08. The fraction of sp³-hybridized carbons (Fsp3) is 0.164. The van der Waals surface area contributed by atoms with Crippen LogP contribution >= 0.6 is 0 Å². The van der Waals surface area contributed by atoms with Gasteiger partial charge in [-0.15, -0.1) is 0 Å². The monoisotopic (exact) mass is 714 g/mol. The van der Waals surface area contributed by atoms with Crippen LogP contribution in [0.15, 0.2) is 164 Å². The molecule has 2 aliphatic rings. The van der Waals surface area contributed by atoms with Gasteiger partial charge in [0.25, 0.3) is 0 Å². The lowest BCUT2D eigenvalue weighted by molar-refractivity contribution is 0.983. The molecule has 11 rings (SSSR count). The van der Waals surface area contributed by atoms with Gasteiger partial charge in [-0.2, -0.15) is 0 Å². The van der Waals surface area contributed by atoms with Crippen LogP contribution in [0.3, 0.4) is 0 Å². The van der Waals surface area contributed by atoms with Crippen LogP contribution in [-0.4, -0.2) is 0 Å². The number of aryl methyl sites for hydroxylation is 1. The SMILES string of the molecule is C.C.C.C.CC1CC1.Cc1ccc(-c2ccc3c4c(cccc24)-c2c-3c(-c3cccc4ccccc34)c3ccccc3c2-c2cccc3ccccc23)cc1. The van der Waals surface area contributed by atoms with Crippen LogP contribution in [0.1, 0.15) is 55.0 Å². The van der Waals surface area contributed by atoms with Crippen LogP contribution in [0, 0.1) is 12.8 Å². The minimum Gasteiger partial charge on any atom is -0.0776 e. The van der Waals surface area contributed by atoms with E-state index in [4.69, 9.17) is 0 Å². The zero-order valence-corrected chi connectivity index (χ0v) is 29.1. The van der Waals surface area contributed by atoms with Crippen molar-refractivity contribution in [2.75, 3.05) is 0 Å². The smallest absolute Gasteiger partial charge is 0.000718 e. The molecule has 0 nitrogen and oxygen atoms in total. The van der Waals surface area contributed by atoms with Gasteiger partial charge in [-0.25, -0.2) is 0 Å². The fourth-order valence-electron chi connectivity index (χ4n) is 8.40. The molecule has 1 fully saturated rings. The van der Waals surface area contributed by atoms with E-state index >= 15 is 0 Å². The van der Waals surface area contributed by atoms with Gasteiger partial charge in [-0.3, -0.25) is 0 Å². The summed E-state index contributed by atoms with van der Waals surface area (Å²) in [5, 5.41) is 10.3. The Hall–Kier alpha value is -5.98. The van der Waals surface area contributed by atoms with E-state index in [1.807, 2.05) is 0 Å². The maximum Gasteiger partial charge on any atom is -0.000718 e. The highest BCUT2D eigenvalue weighted by Gasteiger charge is 2.32. The van der Waals surface area contributed by atoms with Crippen molar-refractivity contribution in [3.8, 4) is 55.6 Å². The summed E-state index contributed by atoms with van der Waals surface area (Å²) in [6.07, 6.45) is 2.97. The third kappa shape index (κ3) is 6.30. The molecule has 0 aliphatic heterocycles. The average molecular weight is 715 g/mol. The first-order valence-corrected chi connectivity index (χ1v) is 18.3. The third-order valence-corrected chi connectivity index (χ3v) is 11.1. The Morgan fingerprint density at radius 1 is 0.345 bits per heavy atom. The molecule has 9 aromatic rings. The van der Waals surface area contributed by atoms with E-state index < -0.39 is 0 Å². The normalized spacial score (nSPS) is 12.1. The lowest BCUT2D eigenvalue weighted by Crippen LogP contribution is -1.94. The van der Waals surface area contributed by atoms with Crippen molar-refractivity contribution in [2.24, 2.45) is 5.92 Å². The molecule has 0 saturated heterocycles. The Morgan fingerprint density at radius 2 is 0.727 bits per heavy atom. The molecule has 0 bridgehead atoms. The molecule has 55 heavy (non-hydrogen) atoms. The van der Waals surface area contributed by atoms with Crippen molar-refractivity contribution in [1.82, 2.24) is 0 Å². The molecule has 2 aliphatic carbocycles. The van der Waals surface area contributed by atoms with Crippen molar-refractivity contribution < 1.29 is 0 Å². The molecule has 0 atom stereocenters. The lowest BCUT2D eigenvalue weighted by Gasteiger charge is -2.22. The largest absolute Gasteiger partial charge is 0.0776 e. The van der Waals surface area contributed by atoms with Gasteiger partial charge in [0.15, 0.2) is 0 Å². The van der Waals surface area contributed by atoms with Crippen LogP contribution in [0.2, 0.25) is 0 Å². The third-order valence-electron chi connectivity index (χ3n) is 11.1. The first-order chi connectivity index (χ1) is 25.2. The number of rotatable bonds is 3. The molecule has 0 N–H and O–H groups in total. The molecule has 0 amide bonds. The molecule has 0 radical (unpaired) electrons. The topological polar surface area (TPSA) is 0 Å². The van der Waals surface area contributed by atoms with Gasteiger partial charge in [0, 0.05) is 0 Å². The molecule has 0 unspecified atom stereocenters. The number of hydrogen-bond acceptors (Lipinski definition) is 0. The zero-order chi connectivity index (χ0) is 34.1. The molecular weight excluding hydrogens is 661 g/mol. The van der Waals surface area contributed by atoms with Crippen molar-refractivity contribution in [1.29, 1.82) is 0 Å². The van der Waals surface area contributed by atoms with Crippen molar-refractivity contribution in [3.05, 3.63) is 169 Å². The second kappa shape index (κ2) is 15.4. The van der Waals surface area contributed by atoms with Crippen molar-refractivity contribution in [3.63, 3.8) is 0 Å². The lowest BCUT2D eigenvalue weighted by atomic mass is 9.81. The van der Waals surface area contributed by atoms with E-state index in [1.54, 1.807) is 0 Å². The minimum atomic E-state index is 0. The first-order valence-electron chi connectivity index (χ1n) is 18.3. The van der Waals surface area contributed by atoms with Gasteiger partial charge in [-0.05, 0) is 112 Å². The molecule has 0 aromatic heterocycles. The van der Waals surface area contributed by atoms with Crippen LogP contribution in [-0.2, 0) is 0 Å². The standard InChI is InChI=1S/C47H30.C4H8.4CH4/c1-29-23-25-32(26-24-29)35-27-28-42-43-36(35)21-10-22-41(43)46-44(37-19-8-13-30-11-2-4-15-33(30)37)39-17-6-7-18-40(39)45(47(42)46)38-20-9-14-31-12-3-5-16-34(31)38;1-4-2-3-4;;;;/h2-28H,1H3;4H,2-3H2,1H3;4*1H4. The van der Waals surface area contributed by atoms with Crippen LogP contribution in [0.4, 0.5) is 0 Å². The first kappa shape index (κ1) is 38.7. The maximum absolute atomic E-state index is 2.39. The van der Waals surface area contributed by atoms with E-state index in [1.165, 1.54) is 117 Å². The summed E-state index contributed by atoms with van der Waals surface area (Å²) in [4.78, 5) is 0. The number of hydrogen-bond donors (Lipinski definition) is 0. The summed E-state index contributed by atoms with van der Waals surface area (Å²) < 4.78 is 0. The van der Waals surface area contributed by atoms with Gasteiger partial charge in [0.1, 0.15) is 0 Å². The molecule has 0 heteroatoms. The Balaban J connectivity index is 0.000000607. The molecule has 9 aromatic carbocycles. The Morgan fingerprint density at radius 3 is 1.24 bits per heavy atom. The number of fused-ring (bicyclic) bond motifs is 6. The summed E-state index contributed by atoms with van der Waals surface area (Å²) in [7, 11) is 0. The minimum absolute atomic E-state index is 0. The summed E-state index contributed by atoms with van der Waals surface area (Å²) in [6.45, 7) is 4.43. The highest BCUT2D eigenvalue weighted by atomic mass is 14.3.